The van der Waals surface area contributed by atoms with Crippen LogP contribution < -0.4 is 15.0 Å². The Labute approximate surface area is 143 Å². The number of fused-ring (bicyclic) bond motifs is 1. The number of hydrogen-bond acceptors (Lipinski definition) is 2. The van der Waals surface area contributed by atoms with Gasteiger partial charge < -0.3 is 15.0 Å². The van der Waals surface area contributed by atoms with E-state index in [2.05, 4.69) is 29.6 Å². The Balaban J connectivity index is 1.59. The number of nitrogens with one attached hydrogen (secondary N) is 2. The molecule has 0 saturated heterocycles. The number of benzene rings is 2. The monoisotopic (exact) mass is 325 g/mol. The lowest BCUT2D eigenvalue weighted by Crippen LogP contribution is -3.16. The average Bonchev–Trinajstić information content (AvgIpc) is 2.65. The van der Waals surface area contributed by atoms with Crippen molar-refractivity contribution in [2.45, 2.75) is 32.5 Å². The van der Waals surface area contributed by atoms with Crippen LogP contribution in [0.2, 0.25) is 0 Å². The molecule has 0 radical (unpaired) electrons. The second kappa shape index (κ2) is 7.49. The van der Waals surface area contributed by atoms with Gasteiger partial charge in [-0.1, -0.05) is 42.5 Å². The molecule has 3 rings (SSSR count). The van der Waals surface area contributed by atoms with Crippen molar-refractivity contribution in [3.05, 3.63) is 65.2 Å². The summed E-state index contributed by atoms with van der Waals surface area (Å²) in [5, 5.41) is 3.05. The summed E-state index contributed by atoms with van der Waals surface area (Å²) in [6, 6.07) is 16.3. The Hall–Kier alpha value is -2.33. The minimum atomic E-state index is -0.0620. The molecule has 1 amide bonds. The molecule has 2 N–H and O–H groups in total. The van der Waals surface area contributed by atoms with Crippen molar-refractivity contribution in [2.75, 3.05) is 13.7 Å². The fourth-order valence-corrected chi connectivity index (χ4v) is 3.34. The summed E-state index contributed by atoms with van der Waals surface area (Å²) < 4.78 is 5.34. The Morgan fingerprint density at radius 1 is 1.17 bits per heavy atom. The van der Waals surface area contributed by atoms with Gasteiger partial charge in [-0.2, -0.15) is 0 Å². The minimum Gasteiger partial charge on any atom is -0.496 e. The third-order valence-electron chi connectivity index (χ3n) is 4.90. The number of quaternary nitrogens is 1. The number of methoxy groups -OCH3 is 1. The second-order valence-corrected chi connectivity index (χ2v) is 6.36. The average molecular weight is 325 g/mol. The molecule has 4 heteroatoms. The van der Waals surface area contributed by atoms with E-state index in [-0.39, 0.29) is 11.9 Å². The van der Waals surface area contributed by atoms with Gasteiger partial charge in [0.1, 0.15) is 12.3 Å². The first kappa shape index (κ1) is 16.5. The van der Waals surface area contributed by atoms with Crippen molar-refractivity contribution >= 4 is 5.91 Å². The van der Waals surface area contributed by atoms with E-state index in [1.807, 2.05) is 31.2 Å². The molecule has 4 nitrogen and oxygen atoms in total. The summed E-state index contributed by atoms with van der Waals surface area (Å²) in [7, 11) is 1.65. The highest BCUT2D eigenvalue weighted by Crippen LogP contribution is 2.16. The minimum absolute atomic E-state index is 0.0620. The van der Waals surface area contributed by atoms with Gasteiger partial charge in [0.25, 0.3) is 5.91 Å². The predicted molar refractivity (Wildman–Crippen MR) is 94.0 cm³/mol. The zero-order valence-electron chi connectivity index (χ0n) is 14.3. The van der Waals surface area contributed by atoms with Crippen LogP contribution in [0, 0.1) is 0 Å². The van der Waals surface area contributed by atoms with Crippen molar-refractivity contribution in [2.24, 2.45) is 0 Å². The van der Waals surface area contributed by atoms with E-state index < -0.39 is 0 Å². The molecule has 0 bridgehead atoms. The largest absolute Gasteiger partial charge is 0.496 e. The quantitative estimate of drug-likeness (QED) is 0.871. The molecule has 0 fully saturated rings. The fraction of sp³-hybridized carbons (Fsp3) is 0.350. The SMILES string of the molecule is COc1ccccc1CNC(=O)[C@@H](C)[NH+]1CCc2ccccc2C1. The molecular weight excluding hydrogens is 300 g/mol. The third-order valence-corrected chi connectivity index (χ3v) is 4.90. The summed E-state index contributed by atoms with van der Waals surface area (Å²) in [5.74, 6) is 0.903. The lowest BCUT2D eigenvalue weighted by atomic mass is 9.99. The molecule has 1 heterocycles. The van der Waals surface area contributed by atoms with Crippen LogP contribution >= 0.6 is 0 Å². The van der Waals surface area contributed by atoms with Crippen LogP contribution in [0.4, 0.5) is 0 Å². The van der Waals surface area contributed by atoms with Gasteiger partial charge in [-0.25, -0.2) is 0 Å². The van der Waals surface area contributed by atoms with E-state index in [1.54, 1.807) is 7.11 Å². The molecule has 1 unspecified atom stereocenters. The molecule has 1 aliphatic rings. The number of rotatable bonds is 5. The number of carbonyl (C=O) groups excluding carboxylic acids is 1. The lowest BCUT2D eigenvalue weighted by Gasteiger charge is -2.30. The number of carbonyl (C=O) groups is 1. The molecule has 0 saturated carbocycles. The van der Waals surface area contributed by atoms with E-state index in [4.69, 9.17) is 4.74 Å². The maximum absolute atomic E-state index is 12.6. The number of para-hydroxylation sites is 1. The van der Waals surface area contributed by atoms with Crippen LogP contribution in [0.3, 0.4) is 0 Å². The number of hydrogen-bond donors (Lipinski definition) is 2. The third kappa shape index (κ3) is 3.60. The Bertz CT molecular complexity index is 714. The van der Waals surface area contributed by atoms with E-state index in [0.29, 0.717) is 6.54 Å². The molecule has 1 aliphatic heterocycles. The molecule has 2 atom stereocenters. The normalized spacial score (nSPS) is 17.7. The first-order valence-electron chi connectivity index (χ1n) is 8.50. The van der Waals surface area contributed by atoms with Crippen LogP contribution in [0.1, 0.15) is 23.6 Å². The molecule has 2 aromatic rings. The molecule has 2 aromatic carbocycles. The summed E-state index contributed by atoms with van der Waals surface area (Å²) >= 11 is 0. The maximum Gasteiger partial charge on any atom is 0.278 e. The van der Waals surface area contributed by atoms with Gasteiger partial charge in [0, 0.05) is 24.1 Å². The van der Waals surface area contributed by atoms with Crippen LogP contribution in [-0.4, -0.2) is 25.6 Å². The fourth-order valence-electron chi connectivity index (χ4n) is 3.34. The van der Waals surface area contributed by atoms with Gasteiger partial charge in [-0.05, 0) is 18.6 Å². The van der Waals surface area contributed by atoms with Gasteiger partial charge in [0.15, 0.2) is 6.04 Å². The molecule has 0 aliphatic carbocycles. The van der Waals surface area contributed by atoms with Crippen LogP contribution in [-0.2, 0) is 24.3 Å². The van der Waals surface area contributed by atoms with Crippen LogP contribution in [0.5, 0.6) is 5.75 Å². The van der Waals surface area contributed by atoms with E-state index in [1.165, 1.54) is 16.0 Å². The van der Waals surface area contributed by atoms with Gasteiger partial charge in [-0.3, -0.25) is 4.79 Å². The summed E-state index contributed by atoms with van der Waals surface area (Å²) in [6.45, 7) is 4.43. The first-order chi connectivity index (χ1) is 11.7. The van der Waals surface area contributed by atoms with Gasteiger partial charge in [0.2, 0.25) is 0 Å². The first-order valence-corrected chi connectivity index (χ1v) is 8.50. The standard InChI is InChI=1S/C20H24N2O2/c1-15(22-12-11-16-7-3-4-9-18(16)14-22)20(23)21-13-17-8-5-6-10-19(17)24-2/h3-10,15H,11-14H2,1-2H3,(H,21,23)/p+1/t15-/m1/s1. The van der Waals surface area contributed by atoms with Crippen LogP contribution in [0.15, 0.2) is 48.5 Å². The topological polar surface area (TPSA) is 42.8 Å². The highest BCUT2D eigenvalue weighted by Gasteiger charge is 2.28. The molecule has 0 aromatic heterocycles. The zero-order valence-corrected chi connectivity index (χ0v) is 14.3. The Morgan fingerprint density at radius 3 is 2.67 bits per heavy atom. The van der Waals surface area contributed by atoms with Gasteiger partial charge in [-0.15, -0.1) is 0 Å². The van der Waals surface area contributed by atoms with Gasteiger partial charge >= 0.3 is 0 Å². The lowest BCUT2D eigenvalue weighted by molar-refractivity contribution is -0.929. The maximum atomic E-state index is 12.6. The molecule has 0 spiro atoms. The van der Waals surface area contributed by atoms with Crippen molar-refractivity contribution < 1.29 is 14.4 Å². The summed E-state index contributed by atoms with van der Waals surface area (Å²) in [6.07, 6.45) is 1.04. The van der Waals surface area contributed by atoms with E-state index in [9.17, 15) is 4.79 Å². The van der Waals surface area contributed by atoms with Crippen molar-refractivity contribution in [3.8, 4) is 5.75 Å². The highest BCUT2D eigenvalue weighted by atomic mass is 16.5. The summed E-state index contributed by atoms with van der Waals surface area (Å²) in [5.41, 5.74) is 3.78. The molecule has 24 heavy (non-hydrogen) atoms. The van der Waals surface area contributed by atoms with E-state index >= 15 is 0 Å². The number of amides is 1. The Morgan fingerprint density at radius 2 is 1.88 bits per heavy atom. The molecule has 126 valence electrons. The van der Waals surface area contributed by atoms with Crippen LogP contribution in [0.25, 0.3) is 0 Å². The molecular formula is C20H25N2O2+. The second-order valence-electron chi connectivity index (χ2n) is 6.36. The highest BCUT2D eigenvalue weighted by molar-refractivity contribution is 5.80. The van der Waals surface area contributed by atoms with Gasteiger partial charge in [0.05, 0.1) is 13.7 Å². The van der Waals surface area contributed by atoms with Crippen molar-refractivity contribution in [1.29, 1.82) is 0 Å². The zero-order chi connectivity index (χ0) is 16.9. The summed E-state index contributed by atoms with van der Waals surface area (Å²) in [4.78, 5) is 13.9. The predicted octanol–water partition coefficient (Wildman–Crippen LogP) is 1.34. The van der Waals surface area contributed by atoms with Crippen molar-refractivity contribution in [3.63, 3.8) is 0 Å². The number of ether oxygens (including phenoxy) is 1. The Kier molecular flexibility index (Phi) is 5.16. The smallest absolute Gasteiger partial charge is 0.278 e. The van der Waals surface area contributed by atoms with E-state index in [0.717, 1.165) is 30.8 Å². The van der Waals surface area contributed by atoms with Crippen molar-refractivity contribution in [1.82, 2.24) is 5.32 Å².